The number of rotatable bonds is 2. The number of phenolic OH excluding ortho intramolecular Hbond substituents is 1. The molecule has 2 aliphatic heterocycles. The Morgan fingerprint density at radius 2 is 1.48 bits per heavy atom. The highest BCUT2D eigenvalue weighted by Gasteiger charge is 2.37. The lowest BCUT2D eigenvalue weighted by molar-refractivity contribution is -0.112. The molecule has 1 aromatic rings. The van der Waals surface area contributed by atoms with Crippen LogP contribution < -0.4 is 9.78 Å². The van der Waals surface area contributed by atoms with E-state index in [1.54, 1.807) is 41.5 Å². The number of hydrogen-bond acceptors (Lipinski definition) is 7. The molecular weight excluding hydrogens is 304 g/mol. The van der Waals surface area contributed by atoms with E-state index >= 15 is 0 Å². The minimum Gasteiger partial charge on any atom is -0.503 e. The van der Waals surface area contributed by atoms with E-state index in [-0.39, 0.29) is 22.6 Å². The van der Waals surface area contributed by atoms with Crippen molar-refractivity contribution >= 4 is 11.9 Å². The van der Waals surface area contributed by atoms with Crippen LogP contribution in [0.2, 0.25) is 0 Å². The van der Waals surface area contributed by atoms with Crippen molar-refractivity contribution in [1.82, 2.24) is 0 Å². The van der Waals surface area contributed by atoms with Gasteiger partial charge in [-0.2, -0.15) is 0 Å². The first-order valence-electron chi connectivity index (χ1n) is 7.10. The van der Waals surface area contributed by atoms with Gasteiger partial charge in [-0.3, -0.25) is 9.78 Å². The number of benzene rings is 1. The maximum absolute atomic E-state index is 12.3. The number of aromatic hydroxyl groups is 1. The highest BCUT2D eigenvalue weighted by Crippen LogP contribution is 2.45. The first kappa shape index (κ1) is 16.9. The Hall–Kier alpha value is -2.44. The third-order valence-corrected chi connectivity index (χ3v) is 2.65. The van der Waals surface area contributed by atoms with Crippen LogP contribution in [0.5, 0.6) is 17.2 Å². The standard InChI is InChI=1S/C16H20O7/c1-15(2,3)20-13(18)8-7-9-11(17)10(12(8)23-22-9)14(19)21-16(4,5)6/h7,17H,1-6H3. The van der Waals surface area contributed by atoms with E-state index in [0.29, 0.717) is 0 Å². The summed E-state index contributed by atoms with van der Waals surface area (Å²) >= 11 is 0. The van der Waals surface area contributed by atoms with Gasteiger partial charge in [0, 0.05) is 6.07 Å². The van der Waals surface area contributed by atoms with Crippen molar-refractivity contribution < 1.29 is 33.9 Å². The second kappa shape index (κ2) is 5.33. The Kier molecular flexibility index (Phi) is 3.92. The van der Waals surface area contributed by atoms with Crippen molar-refractivity contribution in [3.8, 4) is 17.2 Å². The molecule has 2 bridgehead atoms. The van der Waals surface area contributed by atoms with Crippen LogP contribution >= 0.6 is 0 Å². The predicted molar refractivity (Wildman–Crippen MR) is 79.7 cm³/mol. The van der Waals surface area contributed by atoms with Gasteiger partial charge >= 0.3 is 11.9 Å². The Morgan fingerprint density at radius 1 is 0.957 bits per heavy atom. The van der Waals surface area contributed by atoms with Gasteiger partial charge in [-0.15, -0.1) is 0 Å². The van der Waals surface area contributed by atoms with Crippen molar-refractivity contribution in [2.45, 2.75) is 52.7 Å². The first-order valence-corrected chi connectivity index (χ1v) is 7.10. The summed E-state index contributed by atoms with van der Waals surface area (Å²) in [6.07, 6.45) is 0. The summed E-state index contributed by atoms with van der Waals surface area (Å²) in [5.41, 5.74) is -1.77. The number of carbonyl (C=O) groups excluding carboxylic acids is 2. The monoisotopic (exact) mass is 324 g/mol. The molecule has 2 heterocycles. The molecular formula is C16H20O7. The van der Waals surface area contributed by atoms with Crippen LogP contribution in [0.1, 0.15) is 62.3 Å². The second-order valence-corrected chi connectivity index (χ2v) is 7.15. The quantitative estimate of drug-likeness (QED) is 0.660. The van der Waals surface area contributed by atoms with Gasteiger partial charge in [0.2, 0.25) is 11.5 Å². The summed E-state index contributed by atoms with van der Waals surface area (Å²) < 4.78 is 10.5. The molecule has 0 amide bonds. The third-order valence-electron chi connectivity index (χ3n) is 2.65. The van der Waals surface area contributed by atoms with Crippen molar-refractivity contribution in [1.29, 1.82) is 0 Å². The molecule has 0 atom stereocenters. The van der Waals surface area contributed by atoms with Gasteiger partial charge in [0.05, 0.1) is 0 Å². The fraction of sp³-hybridized carbons (Fsp3) is 0.500. The number of ether oxygens (including phenoxy) is 2. The zero-order chi connectivity index (χ0) is 17.6. The maximum Gasteiger partial charge on any atom is 0.346 e. The largest absolute Gasteiger partial charge is 0.503 e. The maximum atomic E-state index is 12.3. The van der Waals surface area contributed by atoms with Crippen molar-refractivity contribution in [2.75, 3.05) is 0 Å². The van der Waals surface area contributed by atoms with Crippen LogP contribution in [-0.2, 0) is 9.47 Å². The van der Waals surface area contributed by atoms with Gasteiger partial charge in [0.1, 0.15) is 16.8 Å². The summed E-state index contributed by atoms with van der Waals surface area (Å²) in [6, 6.07) is 1.26. The molecule has 1 aromatic carbocycles. The van der Waals surface area contributed by atoms with E-state index in [2.05, 4.69) is 0 Å². The predicted octanol–water partition coefficient (Wildman–Crippen LogP) is 2.99. The van der Waals surface area contributed by atoms with Gasteiger partial charge in [0.25, 0.3) is 0 Å². The lowest BCUT2D eigenvalue weighted by Gasteiger charge is -2.26. The Bertz CT molecular complexity index is 662. The molecule has 7 nitrogen and oxygen atoms in total. The minimum absolute atomic E-state index is 0.0140. The van der Waals surface area contributed by atoms with Gasteiger partial charge in [-0.1, -0.05) is 0 Å². The normalized spacial score (nSPS) is 13.1. The van der Waals surface area contributed by atoms with Crippen molar-refractivity contribution in [3.63, 3.8) is 0 Å². The highest BCUT2D eigenvalue weighted by atomic mass is 17.2. The molecule has 0 radical (unpaired) electrons. The Morgan fingerprint density at radius 3 is 2.00 bits per heavy atom. The fourth-order valence-corrected chi connectivity index (χ4v) is 1.87. The van der Waals surface area contributed by atoms with E-state index in [0.717, 1.165) is 0 Å². The van der Waals surface area contributed by atoms with Crippen molar-refractivity contribution in [3.05, 3.63) is 17.2 Å². The van der Waals surface area contributed by atoms with Gasteiger partial charge in [0.15, 0.2) is 11.3 Å². The second-order valence-electron chi connectivity index (χ2n) is 7.15. The molecule has 23 heavy (non-hydrogen) atoms. The number of phenols is 1. The van der Waals surface area contributed by atoms with E-state index in [1.807, 2.05) is 0 Å². The average molecular weight is 324 g/mol. The van der Waals surface area contributed by atoms with Gasteiger partial charge < -0.3 is 14.6 Å². The number of fused-ring (bicyclic) bond motifs is 3. The molecule has 7 heteroatoms. The van der Waals surface area contributed by atoms with E-state index in [4.69, 9.17) is 19.2 Å². The molecule has 126 valence electrons. The van der Waals surface area contributed by atoms with Crippen LogP contribution in [0.3, 0.4) is 0 Å². The smallest absolute Gasteiger partial charge is 0.346 e. The lowest BCUT2D eigenvalue weighted by Crippen LogP contribution is -2.28. The van der Waals surface area contributed by atoms with Crippen LogP contribution in [0, 0.1) is 0 Å². The van der Waals surface area contributed by atoms with E-state index in [9.17, 15) is 14.7 Å². The summed E-state index contributed by atoms with van der Waals surface area (Å²) in [5, 5.41) is 10.1. The van der Waals surface area contributed by atoms with Crippen LogP contribution in [-0.4, -0.2) is 28.2 Å². The SMILES string of the molecule is CC(C)(C)OC(=O)c1cc2c(O)c(C(=O)OC(C)(C)C)c1OO2. The van der Waals surface area contributed by atoms with Gasteiger partial charge in [-0.05, 0) is 41.5 Å². The summed E-state index contributed by atoms with van der Waals surface area (Å²) in [6.45, 7) is 10.2. The van der Waals surface area contributed by atoms with E-state index in [1.165, 1.54) is 6.07 Å². The zero-order valence-electron chi connectivity index (χ0n) is 14.0. The van der Waals surface area contributed by atoms with Crippen LogP contribution in [0.15, 0.2) is 6.07 Å². The minimum atomic E-state index is -0.819. The van der Waals surface area contributed by atoms with Crippen LogP contribution in [0.25, 0.3) is 0 Å². The molecule has 0 aliphatic carbocycles. The summed E-state index contributed by atoms with van der Waals surface area (Å²) in [7, 11) is 0. The summed E-state index contributed by atoms with van der Waals surface area (Å²) in [5.74, 6) is -2.32. The number of carbonyl (C=O) groups is 2. The van der Waals surface area contributed by atoms with E-state index < -0.39 is 28.9 Å². The molecule has 1 N–H and O–H groups in total. The third kappa shape index (κ3) is 3.67. The molecule has 0 aromatic heterocycles. The molecule has 0 fully saturated rings. The molecule has 2 aliphatic rings. The highest BCUT2D eigenvalue weighted by molar-refractivity contribution is 6.04. The Labute approximate surface area is 134 Å². The molecule has 0 saturated carbocycles. The fourth-order valence-electron chi connectivity index (χ4n) is 1.87. The van der Waals surface area contributed by atoms with Crippen LogP contribution in [0.4, 0.5) is 0 Å². The lowest BCUT2D eigenvalue weighted by atomic mass is 10.0. The topological polar surface area (TPSA) is 91.3 Å². The van der Waals surface area contributed by atoms with Gasteiger partial charge in [-0.25, -0.2) is 9.59 Å². The van der Waals surface area contributed by atoms with Crippen molar-refractivity contribution in [2.24, 2.45) is 0 Å². The Balaban J connectivity index is 2.46. The molecule has 0 unspecified atom stereocenters. The first-order chi connectivity index (χ1) is 10.4. The number of esters is 2. The molecule has 3 rings (SSSR count). The molecule has 0 saturated heterocycles. The molecule has 0 spiro atoms. The summed E-state index contributed by atoms with van der Waals surface area (Å²) in [4.78, 5) is 34.3. The average Bonchev–Trinajstić information content (AvgIpc) is 2.34. The zero-order valence-corrected chi connectivity index (χ0v) is 14.0. The number of hydrogen-bond donors (Lipinski definition) is 1.